The number of hydrogen-bond donors (Lipinski definition) is 1. The summed E-state index contributed by atoms with van der Waals surface area (Å²) in [7, 11) is 1.62. The van der Waals surface area contributed by atoms with Crippen LogP contribution in [0.3, 0.4) is 0 Å². The fraction of sp³-hybridized carbons (Fsp3) is 0.417. The van der Waals surface area contributed by atoms with Gasteiger partial charge in [0.2, 0.25) is 0 Å². The predicted octanol–water partition coefficient (Wildman–Crippen LogP) is 2.33. The van der Waals surface area contributed by atoms with Crippen molar-refractivity contribution < 1.29 is 14.3 Å². The van der Waals surface area contributed by atoms with E-state index >= 15 is 0 Å². The van der Waals surface area contributed by atoms with E-state index in [1.807, 2.05) is 38.1 Å². The molecule has 0 fully saturated rings. The highest BCUT2D eigenvalue weighted by atomic mass is 16.6. The Bertz CT molecular complexity index is 333. The number of rotatable bonds is 4. The van der Waals surface area contributed by atoms with Crippen LogP contribution in [0.25, 0.3) is 0 Å². The van der Waals surface area contributed by atoms with E-state index in [9.17, 15) is 4.79 Å². The van der Waals surface area contributed by atoms with Crippen molar-refractivity contribution >= 4 is 6.09 Å². The fourth-order valence-corrected chi connectivity index (χ4v) is 1.17. The molecule has 0 bridgehead atoms. The Kier molecular flexibility index (Phi) is 4.64. The Morgan fingerprint density at radius 3 is 2.44 bits per heavy atom. The number of hydrogen-bond acceptors (Lipinski definition) is 3. The third-order valence-electron chi connectivity index (χ3n) is 1.94. The van der Waals surface area contributed by atoms with Crippen LogP contribution in [0.4, 0.5) is 4.79 Å². The minimum absolute atomic E-state index is 0.101. The monoisotopic (exact) mass is 223 g/mol. The number of amides is 1. The normalized spacial score (nSPS) is 10.0. The van der Waals surface area contributed by atoms with Gasteiger partial charge in [-0.15, -0.1) is 0 Å². The average molecular weight is 223 g/mol. The van der Waals surface area contributed by atoms with E-state index in [4.69, 9.17) is 9.47 Å². The van der Waals surface area contributed by atoms with Crippen molar-refractivity contribution in [2.24, 2.45) is 0 Å². The van der Waals surface area contributed by atoms with Gasteiger partial charge >= 0.3 is 6.09 Å². The molecule has 88 valence electrons. The van der Waals surface area contributed by atoms with Gasteiger partial charge in [-0.25, -0.2) is 4.79 Å². The zero-order valence-corrected chi connectivity index (χ0v) is 9.82. The first-order chi connectivity index (χ1) is 7.61. The minimum atomic E-state index is -0.397. The van der Waals surface area contributed by atoms with Crippen LogP contribution < -0.4 is 10.1 Å². The van der Waals surface area contributed by atoms with Gasteiger partial charge in [0, 0.05) is 6.54 Å². The van der Waals surface area contributed by atoms with Crippen LogP contribution in [0.5, 0.6) is 5.75 Å². The van der Waals surface area contributed by atoms with Gasteiger partial charge in [-0.2, -0.15) is 0 Å². The van der Waals surface area contributed by atoms with Gasteiger partial charge < -0.3 is 14.8 Å². The molecule has 0 aromatic heterocycles. The zero-order valence-electron chi connectivity index (χ0n) is 9.82. The fourth-order valence-electron chi connectivity index (χ4n) is 1.17. The largest absolute Gasteiger partial charge is 0.497 e. The standard InChI is InChI=1S/C12H17NO3/c1-9(2)16-12(14)13-8-10-4-6-11(15-3)7-5-10/h4-7,9H,8H2,1-3H3,(H,13,14). The smallest absolute Gasteiger partial charge is 0.407 e. The number of benzene rings is 1. The third-order valence-corrected chi connectivity index (χ3v) is 1.94. The lowest BCUT2D eigenvalue weighted by Gasteiger charge is -2.09. The minimum Gasteiger partial charge on any atom is -0.497 e. The van der Waals surface area contributed by atoms with Crippen LogP contribution in [-0.2, 0) is 11.3 Å². The summed E-state index contributed by atoms with van der Waals surface area (Å²) in [5, 5.41) is 2.67. The van der Waals surface area contributed by atoms with Gasteiger partial charge in [0.25, 0.3) is 0 Å². The van der Waals surface area contributed by atoms with Gasteiger partial charge in [-0.1, -0.05) is 12.1 Å². The first kappa shape index (κ1) is 12.4. The highest BCUT2D eigenvalue weighted by molar-refractivity contribution is 5.67. The van der Waals surface area contributed by atoms with E-state index in [2.05, 4.69) is 5.32 Å². The lowest BCUT2D eigenvalue weighted by Crippen LogP contribution is -2.26. The molecule has 0 saturated heterocycles. The van der Waals surface area contributed by atoms with Crippen LogP contribution in [0.2, 0.25) is 0 Å². The van der Waals surface area contributed by atoms with Crippen LogP contribution in [-0.4, -0.2) is 19.3 Å². The highest BCUT2D eigenvalue weighted by Gasteiger charge is 2.03. The van der Waals surface area contributed by atoms with E-state index < -0.39 is 6.09 Å². The van der Waals surface area contributed by atoms with E-state index in [0.29, 0.717) is 6.54 Å². The topological polar surface area (TPSA) is 47.6 Å². The first-order valence-corrected chi connectivity index (χ1v) is 5.19. The van der Waals surface area contributed by atoms with E-state index in [1.54, 1.807) is 7.11 Å². The maximum Gasteiger partial charge on any atom is 0.407 e. The maximum atomic E-state index is 11.2. The van der Waals surface area contributed by atoms with Crippen LogP contribution in [0.15, 0.2) is 24.3 Å². The summed E-state index contributed by atoms with van der Waals surface area (Å²) in [5.74, 6) is 0.800. The second-order valence-corrected chi connectivity index (χ2v) is 3.66. The Morgan fingerprint density at radius 1 is 1.31 bits per heavy atom. The van der Waals surface area contributed by atoms with E-state index in [1.165, 1.54) is 0 Å². The molecule has 0 unspecified atom stereocenters. The molecule has 0 aliphatic carbocycles. The molecule has 0 radical (unpaired) electrons. The van der Waals surface area contributed by atoms with Crippen LogP contribution in [0.1, 0.15) is 19.4 Å². The van der Waals surface area contributed by atoms with Crippen molar-refractivity contribution in [2.45, 2.75) is 26.5 Å². The second kappa shape index (κ2) is 6.00. The first-order valence-electron chi connectivity index (χ1n) is 5.19. The number of carbonyl (C=O) groups excluding carboxylic acids is 1. The highest BCUT2D eigenvalue weighted by Crippen LogP contribution is 2.10. The summed E-state index contributed by atoms with van der Waals surface area (Å²) in [6.45, 7) is 4.08. The van der Waals surface area contributed by atoms with Gasteiger partial charge in [0.1, 0.15) is 5.75 Å². The summed E-state index contributed by atoms with van der Waals surface area (Å²) in [5.41, 5.74) is 1.00. The molecular formula is C12H17NO3. The van der Waals surface area contributed by atoms with E-state index in [0.717, 1.165) is 11.3 Å². The molecule has 4 heteroatoms. The predicted molar refractivity (Wildman–Crippen MR) is 61.5 cm³/mol. The van der Waals surface area contributed by atoms with Crippen molar-refractivity contribution in [2.75, 3.05) is 7.11 Å². The molecule has 1 aromatic carbocycles. The Balaban J connectivity index is 2.39. The molecule has 0 saturated carbocycles. The van der Waals surface area contributed by atoms with Crippen molar-refractivity contribution in [3.63, 3.8) is 0 Å². The van der Waals surface area contributed by atoms with Crippen LogP contribution in [0, 0.1) is 0 Å². The molecule has 1 amide bonds. The van der Waals surface area contributed by atoms with Gasteiger partial charge in [-0.05, 0) is 31.5 Å². The van der Waals surface area contributed by atoms with Crippen molar-refractivity contribution in [1.82, 2.24) is 5.32 Å². The molecule has 1 rings (SSSR count). The molecule has 0 aliphatic rings. The zero-order chi connectivity index (χ0) is 12.0. The molecule has 0 heterocycles. The summed E-state index contributed by atoms with van der Waals surface area (Å²) in [4.78, 5) is 11.2. The molecule has 4 nitrogen and oxygen atoms in total. The lowest BCUT2D eigenvalue weighted by atomic mass is 10.2. The Hall–Kier alpha value is -1.71. The lowest BCUT2D eigenvalue weighted by molar-refractivity contribution is 0.115. The molecule has 16 heavy (non-hydrogen) atoms. The number of carbonyl (C=O) groups is 1. The van der Waals surface area contributed by atoms with Gasteiger partial charge in [0.15, 0.2) is 0 Å². The number of nitrogens with one attached hydrogen (secondary N) is 1. The Labute approximate surface area is 95.6 Å². The van der Waals surface area contributed by atoms with E-state index in [-0.39, 0.29) is 6.10 Å². The Morgan fingerprint density at radius 2 is 1.94 bits per heavy atom. The maximum absolute atomic E-state index is 11.2. The molecular weight excluding hydrogens is 206 g/mol. The number of alkyl carbamates (subject to hydrolysis) is 1. The molecule has 0 spiro atoms. The molecule has 1 aromatic rings. The average Bonchev–Trinajstić information content (AvgIpc) is 2.26. The number of methoxy groups -OCH3 is 1. The van der Waals surface area contributed by atoms with Crippen molar-refractivity contribution in [3.05, 3.63) is 29.8 Å². The molecule has 1 N–H and O–H groups in total. The van der Waals surface area contributed by atoms with Crippen molar-refractivity contribution in [3.8, 4) is 5.75 Å². The quantitative estimate of drug-likeness (QED) is 0.852. The SMILES string of the molecule is COc1ccc(CNC(=O)OC(C)C)cc1. The molecule has 0 aliphatic heterocycles. The molecule has 0 atom stereocenters. The van der Waals surface area contributed by atoms with Gasteiger partial charge in [0.05, 0.1) is 13.2 Å². The third kappa shape index (κ3) is 4.21. The number of ether oxygens (including phenoxy) is 2. The van der Waals surface area contributed by atoms with Gasteiger partial charge in [-0.3, -0.25) is 0 Å². The summed E-state index contributed by atoms with van der Waals surface area (Å²) < 4.78 is 9.98. The van der Waals surface area contributed by atoms with Crippen LogP contribution >= 0.6 is 0 Å². The summed E-state index contributed by atoms with van der Waals surface area (Å²) >= 11 is 0. The second-order valence-electron chi connectivity index (χ2n) is 3.66. The summed E-state index contributed by atoms with van der Waals surface area (Å²) in [6, 6.07) is 7.50. The summed E-state index contributed by atoms with van der Waals surface area (Å²) in [6.07, 6.45) is -0.498. The van der Waals surface area contributed by atoms with Crippen molar-refractivity contribution in [1.29, 1.82) is 0 Å².